The van der Waals surface area contributed by atoms with Gasteiger partial charge in [0.2, 0.25) is 0 Å². The number of nitrogens with zero attached hydrogens (tertiary/aromatic N) is 4. The van der Waals surface area contributed by atoms with Gasteiger partial charge in [-0.15, -0.1) is 5.10 Å². The molecule has 3 rings (SSSR count). The molecule has 0 aliphatic heterocycles. The van der Waals surface area contributed by atoms with Crippen LogP contribution >= 0.6 is 15.9 Å². The van der Waals surface area contributed by atoms with Crippen molar-refractivity contribution in [1.82, 2.24) is 20.2 Å². The van der Waals surface area contributed by atoms with Gasteiger partial charge in [-0.05, 0) is 53.3 Å². The minimum atomic E-state index is 0.613. The number of tetrazole rings is 1. The Bertz CT molecular complexity index is 590. The Morgan fingerprint density at radius 3 is 3.00 bits per heavy atom. The Labute approximate surface area is 120 Å². The highest BCUT2D eigenvalue weighted by Gasteiger charge is 2.29. The number of hydrogen-bond donors (Lipinski definition) is 1. The van der Waals surface area contributed by atoms with Crippen LogP contribution in [0.4, 0.5) is 5.69 Å². The first-order valence-electron chi connectivity index (χ1n) is 6.46. The van der Waals surface area contributed by atoms with Crippen molar-refractivity contribution in [3.63, 3.8) is 0 Å². The van der Waals surface area contributed by atoms with Crippen LogP contribution in [0, 0.1) is 11.8 Å². The summed E-state index contributed by atoms with van der Waals surface area (Å²) in [7, 11) is 0. The molecule has 6 heteroatoms. The SMILES string of the molecule is CC(Cn1nnnc1-c1cc(N)ccc1Br)C1CC1. The molecule has 1 unspecified atom stereocenters. The van der Waals surface area contributed by atoms with Gasteiger partial charge in [-0.1, -0.05) is 22.9 Å². The molecule has 1 heterocycles. The number of benzene rings is 1. The van der Waals surface area contributed by atoms with Crippen LogP contribution < -0.4 is 5.73 Å². The molecule has 0 saturated heterocycles. The highest BCUT2D eigenvalue weighted by molar-refractivity contribution is 9.10. The molecule has 19 heavy (non-hydrogen) atoms. The highest BCUT2D eigenvalue weighted by Crippen LogP contribution is 2.38. The van der Waals surface area contributed by atoms with Crippen molar-refractivity contribution in [3.8, 4) is 11.4 Å². The molecule has 0 bridgehead atoms. The van der Waals surface area contributed by atoms with Crippen molar-refractivity contribution in [3.05, 3.63) is 22.7 Å². The van der Waals surface area contributed by atoms with Crippen LogP contribution in [0.15, 0.2) is 22.7 Å². The molecule has 0 amide bonds. The van der Waals surface area contributed by atoms with Crippen LogP contribution in [0.25, 0.3) is 11.4 Å². The minimum Gasteiger partial charge on any atom is -0.399 e. The summed E-state index contributed by atoms with van der Waals surface area (Å²) in [5, 5.41) is 12.0. The van der Waals surface area contributed by atoms with Crippen LogP contribution in [0.3, 0.4) is 0 Å². The molecule has 1 aromatic heterocycles. The maximum Gasteiger partial charge on any atom is 0.183 e. The Hall–Kier alpha value is -1.43. The molecule has 1 fully saturated rings. The highest BCUT2D eigenvalue weighted by atomic mass is 79.9. The Balaban J connectivity index is 1.92. The average Bonchev–Trinajstić information content (AvgIpc) is 3.14. The lowest BCUT2D eigenvalue weighted by molar-refractivity contribution is 0.402. The lowest BCUT2D eigenvalue weighted by Crippen LogP contribution is -2.12. The third kappa shape index (κ3) is 2.63. The fourth-order valence-corrected chi connectivity index (χ4v) is 2.75. The Kier molecular flexibility index (Phi) is 3.26. The van der Waals surface area contributed by atoms with E-state index in [1.807, 2.05) is 22.9 Å². The molecule has 1 saturated carbocycles. The lowest BCUT2D eigenvalue weighted by atomic mass is 10.1. The molecule has 1 aliphatic rings. The smallest absolute Gasteiger partial charge is 0.183 e. The summed E-state index contributed by atoms with van der Waals surface area (Å²) in [6, 6.07) is 5.68. The second-order valence-electron chi connectivity index (χ2n) is 5.24. The summed E-state index contributed by atoms with van der Waals surface area (Å²) in [5.74, 6) is 2.22. The summed E-state index contributed by atoms with van der Waals surface area (Å²) < 4.78 is 2.83. The predicted molar refractivity (Wildman–Crippen MR) is 77.3 cm³/mol. The van der Waals surface area contributed by atoms with E-state index in [4.69, 9.17) is 5.73 Å². The molecule has 100 valence electrons. The van der Waals surface area contributed by atoms with E-state index in [0.29, 0.717) is 11.6 Å². The zero-order chi connectivity index (χ0) is 13.4. The van der Waals surface area contributed by atoms with Crippen LogP contribution in [0.1, 0.15) is 19.8 Å². The van der Waals surface area contributed by atoms with Gasteiger partial charge in [-0.2, -0.15) is 0 Å². The van der Waals surface area contributed by atoms with Gasteiger partial charge in [0.15, 0.2) is 5.82 Å². The zero-order valence-corrected chi connectivity index (χ0v) is 12.3. The van der Waals surface area contributed by atoms with Crippen LogP contribution in [0.5, 0.6) is 0 Å². The van der Waals surface area contributed by atoms with E-state index in [2.05, 4.69) is 38.4 Å². The topological polar surface area (TPSA) is 69.6 Å². The molecule has 1 aromatic carbocycles. The van der Waals surface area contributed by atoms with E-state index in [0.717, 1.165) is 28.3 Å². The molecule has 0 spiro atoms. The first-order valence-corrected chi connectivity index (χ1v) is 7.26. The molecule has 2 N–H and O–H groups in total. The number of hydrogen-bond acceptors (Lipinski definition) is 4. The third-order valence-corrected chi connectivity index (χ3v) is 4.34. The number of halogens is 1. The van der Waals surface area contributed by atoms with Crippen LogP contribution in [0.2, 0.25) is 0 Å². The van der Waals surface area contributed by atoms with Crippen LogP contribution in [-0.4, -0.2) is 20.2 Å². The van der Waals surface area contributed by atoms with Crippen molar-refractivity contribution in [1.29, 1.82) is 0 Å². The van der Waals surface area contributed by atoms with Gasteiger partial charge in [0.1, 0.15) is 0 Å². The quantitative estimate of drug-likeness (QED) is 0.879. The van der Waals surface area contributed by atoms with Gasteiger partial charge in [0, 0.05) is 22.3 Å². The van der Waals surface area contributed by atoms with Crippen LogP contribution in [-0.2, 0) is 6.54 Å². The number of nitrogens with two attached hydrogens (primary N) is 1. The molecule has 0 radical (unpaired) electrons. The molecule has 5 nitrogen and oxygen atoms in total. The van der Waals surface area contributed by atoms with Gasteiger partial charge < -0.3 is 5.73 Å². The minimum absolute atomic E-state index is 0.613. The molecule has 1 atom stereocenters. The van der Waals surface area contributed by atoms with Gasteiger partial charge in [-0.25, -0.2) is 4.68 Å². The van der Waals surface area contributed by atoms with E-state index in [1.54, 1.807) is 0 Å². The third-order valence-electron chi connectivity index (χ3n) is 3.65. The Morgan fingerprint density at radius 2 is 2.26 bits per heavy atom. The van der Waals surface area contributed by atoms with Crippen molar-refractivity contribution in [2.24, 2.45) is 11.8 Å². The van der Waals surface area contributed by atoms with E-state index < -0.39 is 0 Å². The lowest BCUT2D eigenvalue weighted by Gasteiger charge is -2.12. The van der Waals surface area contributed by atoms with Gasteiger partial charge in [0.05, 0.1) is 0 Å². The fraction of sp³-hybridized carbons (Fsp3) is 0.462. The summed E-state index contributed by atoms with van der Waals surface area (Å²) in [6.45, 7) is 3.12. The van der Waals surface area contributed by atoms with Gasteiger partial charge in [-0.3, -0.25) is 0 Å². The normalized spacial score (nSPS) is 16.5. The number of anilines is 1. The maximum atomic E-state index is 5.84. The molecular weight excluding hydrogens is 306 g/mol. The average molecular weight is 322 g/mol. The second kappa shape index (κ2) is 4.92. The summed E-state index contributed by atoms with van der Waals surface area (Å²) >= 11 is 3.53. The van der Waals surface area contributed by atoms with Crippen molar-refractivity contribution < 1.29 is 0 Å². The standard InChI is InChI=1S/C13H16BrN5/c1-8(9-2-3-9)7-19-13(16-17-18-19)11-6-10(15)4-5-12(11)14/h4-6,8-9H,2-3,7,15H2,1H3. The monoisotopic (exact) mass is 321 g/mol. The first kappa shape index (κ1) is 12.6. The zero-order valence-electron chi connectivity index (χ0n) is 10.8. The van der Waals surface area contributed by atoms with Crippen molar-refractivity contribution in [2.75, 3.05) is 5.73 Å². The first-order chi connectivity index (χ1) is 9.15. The summed E-state index contributed by atoms with van der Waals surface area (Å²) in [4.78, 5) is 0. The summed E-state index contributed by atoms with van der Waals surface area (Å²) in [5.41, 5.74) is 7.49. The van der Waals surface area contributed by atoms with E-state index in [1.165, 1.54) is 12.8 Å². The number of rotatable bonds is 4. The predicted octanol–water partition coefficient (Wildman–Crippen LogP) is 2.73. The molecular formula is C13H16BrN5. The largest absolute Gasteiger partial charge is 0.399 e. The Morgan fingerprint density at radius 1 is 1.47 bits per heavy atom. The van der Waals surface area contributed by atoms with Gasteiger partial charge in [0.25, 0.3) is 0 Å². The van der Waals surface area contributed by atoms with E-state index >= 15 is 0 Å². The fourth-order valence-electron chi connectivity index (χ4n) is 2.32. The van der Waals surface area contributed by atoms with E-state index in [-0.39, 0.29) is 0 Å². The van der Waals surface area contributed by atoms with Crippen molar-refractivity contribution in [2.45, 2.75) is 26.3 Å². The second-order valence-corrected chi connectivity index (χ2v) is 6.09. The van der Waals surface area contributed by atoms with Gasteiger partial charge >= 0.3 is 0 Å². The maximum absolute atomic E-state index is 5.84. The van der Waals surface area contributed by atoms with E-state index in [9.17, 15) is 0 Å². The number of nitrogen functional groups attached to an aromatic ring is 1. The molecule has 2 aromatic rings. The van der Waals surface area contributed by atoms with Crippen molar-refractivity contribution >= 4 is 21.6 Å². The summed E-state index contributed by atoms with van der Waals surface area (Å²) in [6.07, 6.45) is 2.67. The molecule has 1 aliphatic carbocycles. The number of aromatic nitrogens is 4.